The Morgan fingerprint density at radius 3 is 2.39 bits per heavy atom. The van der Waals surface area contributed by atoms with Crippen molar-refractivity contribution in [1.82, 2.24) is 0 Å². The summed E-state index contributed by atoms with van der Waals surface area (Å²) in [6.45, 7) is 0. The number of carboxylic acids is 1. The zero-order valence-corrected chi connectivity index (χ0v) is 11.0. The van der Waals surface area contributed by atoms with Crippen LogP contribution in [0.25, 0.3) is 0 Å². The van der Waals surface area contributed by atoms with Crippen LogP contribution < -0.4 is 0 Å². The molecule has 0 aliphatic rings. The summed E-state index contributed by atoms with van der Waals surface area (Å²) < 4.78 is 0.397. The molecule has 18 heavy (non-hydrogen) atoms. The first-order valence-electron chi connectivity index (χ1n) is 5.36. The lowest BCUT2D eigenvalue weighted by Crippen LogP contribution is -1.99. The summed E-state index contributed by atoms with van der Waals surface area (Å²) in [4.78, 5) is 11.0. The van der Waals surface area contributed by atoms with E-state index < -0.39 is 5.97 Å². The van der Waals surface area contributed by atoms with Gasteiger partial charge < -0.3 is 10.2 Å². The van der Waals surface area contributed by atoms with E-state index in [1.807, 2.05) is 30.3 Å². The fourth-order valence-electron chi connectivity index (χ4n) is 1.75. The van der Waals surface area contributed by atoms with Crippen molar-refractivity contribution < 1.29 is 15.0 Å². The lowest BCUT2D eigenvalue weighted by Gasteiger charge is -2.07. The zero-order chi connectivity index (χ0) is 13.1. The molecule has 0 fully saturated rings. The van der Waals surface area contributed by atoms with E-state index in [1.54, 1.807) is 6.07 Å². The molecule has 2 aromatic carbocycles. The molecule has 0 aliphatic carbocycles. The molecule has 0 aromatic heterocycles. The Bertz CT molecular complexity index is 579. The van der Waals surface area contributed by atoms with Crippen molar-refractivity contribution in [3.05, 3.63) is 63.6 Å². The number of hydrogen-bond donors (Lipinski definition) is 2. The summed E-state index contributed by atoms with van der Waals surface area (Å²) in [6, 6.07) is 13.0. The SMILES string of the molecule is O=C(O)c1cc(Cc2ccccc2)cc(Br)c1O. The molecule has 0 atom stereocenters. The molecule has 0 spiro atoms. The van der Waals surface area contributed by atoms with Crippen molar-refractivity contribution in [2.75, 3.05) is 0 Å². The Morgan fingerprint density at radius 1 is 1.11 bits per heavy atom. The van der Waals surface area contributed by atoms with E-state index in [0.717, 1.165) is 11.1 Å². The molecule has 0 heterocycles. The minimum atomic E-state index is -1.14. The molecule has 0 amide bonds. The number of carboxylic acid groups (broad SMARTS) is 1. The number of rotatable bonds is 3. The molecule has 0 unspecified atom stereocenters. The maximum absolute atomic E-state index is 11.0. The molecule has 0 saturated heterocycles. The molecule has 0 bridgehead atoms. The van der Waals surface area contributed by atoms with Gasteiger partial charge in [0, 0.05) is 0 Å². The van der Waals surface area contributed by atoms with Crippen LogP contribution >= 0.6 is 15.9 Å². The summed E-state index contributed by atoms with van der Waals surface area (Å²) in [5, 5.41) is 18.6. The maximum atomic E-state index is 11.0. The average Bonchev–Trinajstić information content (AvgIpc) is 2.34. The molecule has 0 aliphatic heterocycles. The Balaban J connectivity index is 2.38. The number of phenols is 1. The maximum Gasteiger partial charge on any atom is 0.339 e. The van der Waals surface area contributed by atoms with Crippen LogP contribution in [0.15, 0.2) is 46.9 Å². The predicted molar refractivity (Wildman–Crippen MR) is 72.0 cm³/mol. The largest absolute Gasteiger partial charge is 0.506 e. The topological polar surface area (TPSA) is 57.5 Å². The number of benzene rings is 2. The van der Waals surface area contributed by atoms with Gasteiger partial charge in [-0.25, -0.2) is 4.79 Å². The normalized spacial score (nSPS) is 10.3. The monoisotopic (exact) mass is 306 g/mol. The Hall–Kier alpha value is -1.81. The molecule has 2 N–H and O–H groups in total. The van der Waals surface area contributed by atoms with Gasteiger partial charge >= 0.3 is 5.97 Å². The second-order valence-corrected chi connectivity index (χ2v) is 4.80. The van der Waals surface area contributed by atoms with Crippen molar-refractivity contribution in [1.29, 1.82) is 0 Å². The second-order valence-electron chi connectivity index (χ2n) is 3.94. The quantitative estimate of drug-likeness (QED) is 0.913. The fraction of sp³-hybridized carbons (Fsp3) is 0.0714. The van der Waals surface area contributed by atoms with Crippen LogP contribution in [-0.4, -0.2) is 16.2 Å². The highest BCUT2D eigenvalue weighted by molar-refractivity contribution is 9.10. The van der Waals surface area contributed by atoms with Crippen molar-refractivity contribution >= 4 is 21.9 Å². The van der Waals surface area contributed by atoms with Gasteiger partial charge in [-0.1, -0.05) is 30.3 Å². The summed E-state index contributed by atoms with van der Waals surface area (Å²) in [7, 11) is 0. The first-order valence-corrected chi connectivity index (χ1v) is 6.16. The van der Waals surface area contributed by atoms with Crippen LogP contribution in [0.4, 0.5) is 0 Å². The number of carbonyl (C=O) groups is 1. The summed E-state index contributed by atoms with van der Waals surface area (Å²) >= 11 is 3.17. The third-order valence-electron chi connectivity index (χ3n) is 2.60. The van der Waals surface area contributed by atoms with Crippen LogP contribution in [0.3, 0.4) is 0 Å². The third kappa shape index (κ3) is 2.71. The average molecular weight is 307 g/mol. The molecular formula is C14H11BrO3. The van der Waals surface area contributed by atoms with Crippen LogP contribution in [0.1, 0.15) is 21.5 Å². The van der Waals surface area contributed by atoms with E-state index >= 15 is 0 Å². The first-order chi connectivity index (χ1) is 8.58. The van der Waals surface area contributed by atoms with E-state index in [0.29, 0.717) is 10.9 Å². The standard InChI is InChI=1S/C14H11BrO3/c15-12-8-10(6-9-4-2-1-3-5-9)7-11(13(12)16)14(17)18/h1-5,7-8,16H,6H2,(H,17,18). The smallest absolute Gasteiger partial charge is 0.339 e. The highest BCUT2D eigenvalue weighted by atomic mass is 79.9. The zero-order valence-electron chi connectivity index (χ0n) is 9.43. The molecule has 3 nitrogen and oxygen atoms in total. The summed E-state index contributed by atoms with van der Waals surface area (Å²) in [5.41, 5.74) is 1.84. The van der Waals surface area contributed by atoms with Crippen LogP contribution in [0.2, 0.25) is 0 Å². The number of hydrogen-bond acceptors (Lipinski definition) is 2. The highest BCUT2D eigenvalue weighted by Gasteiger charge is 2.14. The van der Waals surface area contributed by atoms with E-state index in [2.05, 4.69) is 15.9 Å². The Morgan fingerprint density at radius 2 is 1.78 bits per heavy atom. The number of aromatic carboxylic acids is 1. The first kappa shape index (κ1) is 12.6. The molecule has 4 heteroatoms. The van der Waals surface area contributed by atoms with Gasteiger partial charge in [-0.2, -0.15) is 0 Å². The van der Waals surface area contributed by atoms with Gasteiger partial charge in [-0.3, -0.25) is 0 Å². The van der Waals surface area contributed by atoms with Gasteiger partial charge in [-0.05, 0) is 45.6 Å². The molecule has 2 rings (SSSR count). The van der Waals surface area contributed by atoms with Crippen LogP contribution in [-0.2, 0) is 6.42 Å². The van der Waals surface area contributed by atoms with E-state index in [-0.39, 0.29) is 11.3 Å². The summed E-state index contributed by atoms with van der Waals surface area (Å²) in [5.74, 6) is -1.37. The number of halogens is 1. The van der Waals surface area contributed by atoms with Crippen molar-refractivity contribution in [2.24, 2.45) is 0 Å². The Kier molecular flexibility index (Phi) is 3.67. The van der Waals surface area contributed by atoms with Gasteiger partial charge in [0.15, 0.2) is 0 Å². The van der Waals surface area contributed by atoms with Gasteiger partial charge in [-0.15, -0.1) is 0 Å². The molecule has 0 saturated carbocycles. The van der Waals surface area contributed by atoms with E-state index in [4.69, 9.17) is 5.11 Å². The fourth-order valence-corrected chi connectivity index (χ4v) is 2.26. The summed E-state index contributed by atoms with van der Waals surface area (Å²) in [6.07, 6.45) is 0.625. The van der Waals surface area contributed by atoms with Gasteiger partial charge in [0.1, 0.15) is 11.3 Å². The molecule has 0 radical (unpaired) electrons. The van der Waals surface area contributed by atoms with Crippen molar-refractivity contribution in [3.63, 3.8) is 0 Å². The molecule has 92 valence electrons. The Labute approximate surface area is 113 Å². The minimum absolute atomic E-state index is 0.0877. The van der Waals surface area contributed by atoms with Crippen LogP contribution in [0, 0.1) is 0 Å². The van der Waals surface area contributed by atoms with Gasteiger partial charge in [0.25, 0.3) is 0 Å². The predicted octanol–water partition coefficient (Wildman–Crippen LogP) is 3.44. The van der Waals surface area contributed by atoms with Crippen molar-refractivity contribution in [3.8, 4) is 5.75 Å². The van der Waals surface area contributed by atoms with Gasteiger partial charge in [0.2, 0.25) is 0 Å². The molecular weight excluding hydrogens is 296 g/mol. The lowest BCUT2D eigenvalue weighted by molar-refractivity contribution is 0.0693. The van der Waals surface area contributed by atoms with Crippen LogP contribution in [0.5, 0.6) is 5.75 Å². The molecule has 2 aromatic rings. The van der Waals surface area contributed by atoms with Crippen molar-refractivity contribution in [2.45, 2.75) is 6.42 Å². The lowest BCUT2D eigenvalue weighted by atomic mass is 10.0. The highest BCUT2D eigenvalue weighted by Crippen LogP contribution is 2.30. The third-order valence-corrected chi connectivity index (χ3v) is 3.21. The van der Waals surface area contributed by atoms with E-state index in [9.17, 15) is 9.90 Å². The second kappa shape index (κ2) is 5.23. The minimum Gasteiger partial charge on any atom is -0.506 e. The van der Waals surface area contributed by atoms with Gasteiger partial charge in [0.05, 0.1) is 4.47 Å². The number of aromatic hydroxyl groups is 1. The van der Waals surface area contributed by atoms with E-state index in [1.165, 1.54) is 6.07 Å².